The van der Waals surface area contributed by atoms with Crippen molar-refractivity contribution in [2.75, 3.05) is 14.2 Å². The molecule has 3 aromatic rings. The Kier molecular flexibility index (Phi) is 6.31. The molecule has 0 atom stereocenters. The zero-order valence-electron chi connectivity index (χ0n) is 17.9. The number of Topliss-reactive ketones (excluding diaryl/α,β-unsaturated/α-hetero) is 1. The number of rotatable bonds is 5. The first-order chi connectivity index (χ1) is 15.8. The zero-order valence-corrected chi connectivity index (χ0v) is 19.4. The van der Waals surface area contributed by atoms with Gasteiger partial charge in [0.1, 0.15) is 28.6 Å². The molecule has 3 aromatic carbocycles. The number of ether oxygens (including phenoxy) is 4. The van der Waals surface area contributed by atoms with Gasteiger partial charge in [0.2, 0.25) is 5.78 Å². The van der Waals surface area contributed by atoms with Crippen molar-refractivity contribution in [3.63, 3.8) is 0 Å². The number of ketones is 1. The van der Waals surface area contributed by atoms with Crippen LogP contribution in [0.3, 0.4) is 0 Å². The van der Waals surface area contributed by atoms with Gasteiger partial charge >= 0.3 is 5.97 Å². The van der Waals surface area contributed by atoms with Gasteiger partial charge in [0.05, 0.1) is 29.8 Å². The maximum Gasteiger partial charge on any atom is 0.351 e. The lowest BCUT2D eigenvalue weighted by molar-refractivity contribution is 0.0726. The minimum absolute atomic E-state index is 0.126. The van der Waals surface area contributed by atoms with Gasteiger partial charge in [-0.25, -0.2) is 4.79 Å². The summed E-state index contributed by atoms with van der Waals surface area (Å²) in [4.78, 5) is 25.8. The highest BCUT2D eigenvalue weighted by Crippen LogP contribution is 2.40. The normalized spacial score (nSPS) is 13.5. The third kappa shape index (κ3) is 4.27. The molecule has 0 unspecified atom stereocenters. The molecular formula is C25H18Cl2O6. The fourth-order valence-electron chi connectivity index (χ4n) is 3.44. The first kappa shape index (κ1) is 22.7. The smallest absolute Gasteiger partial charge is 0.351 e. The van der Waals surface area contributed by atoms with Gasteiger partial charge in [-0.3, -0.25) is 4.79 Å². The molecule has 0 fully saturated rings. The van der Waals surface area contributed by atoms with Gasteiger partial charge in [0, 0.05) is 5.56 Å². The van der Waals surface area contributed by atoms with Gasteiger partial charge in [0.25, 0.3) is 0 Å². The van der Waals surface area contributed by atoms with Gasteiger partial charge in [-0.15, -0.1) is 0 Å². The van der Waals surface area contributed by atoms with Crippen LogP contribution in [0.2, 0.25) is 10.0 Å². The van der Waals surface area contributed by atoms with Crippen molar-refractivity contribution in [1.29, 1.82) is 0 Å². The molecule has 0 N–H and O–H groups in total. The van der Waals surface area contributed by atoms with Crippen molar-refractivity contribution < 1.29 is 28.5 Å². The van der Waals surface area contributed by atoms with Crippen LogP contribution in [-0.2, 0) is 0 Å². The lowest BCUT2D eigenvalue weighted by Gasteiger charge is -2.14. The average Bonchev–Trinajstić information content (AvgIpc) is 3.13. The molecule has 0 spiro atoms. The van der Waals surface area contributed by atoms with Crippen LogP contribution >= 0.6 is 23.2 Å². The average molecular weight is 485 g/mol. The Morgan fingerprint density at radius 2 is 1.64 bits per heavy atom. The molecule has 168 valence electrons. The molecule has 0 radical (unpaired) electrons. The topological polar surface area (TPSA) is 71.1 Å². The predicted molar refractivity (Wildman–Crippen MR) is 125 cm³/mol. The Hall–Kier alpha value is -3.48. The highest BCUT2D eigenvalue weighted by molar-refractivity contribution is 6.42. The van der Waals surface area contributed by atoms with E-state index in [9.17, 15) is 9.59 Å². The minimum Gasteiger partial charge on any atom is -0.496 e. The monoisotopic (exact) mass is 484 g/mol. The Balaban J connectivity index is 1.64. The first-order valence-electron chi connectivity index (χ1n) is 9.80. The minimum atomic E-state index is -0.664. The summed E-state index contributed by atoms with van der Waals surface area (Å²) in [5.41, 5.74) is 1.68. The van der Waals surface area contributed by atoms with E-state index in [0.717, 1.165) is 0 Å². The summed E-state index contributed by atoms with van der Waals surface area (Å²) in [5, 5.41) is 0.779. The number of methoxy groups -OCH3 is 2. The number of carbonyl (C=O) groups is 2. The third-order valence-corrected chi connectivity index (χ3v) is 5.85. The van der Waals surface area contributed by atoms with Crippen LogP contribution in [0.25, 0.3) is 6.08 Å². The summed E-state index contributed by atoms with van der Waals surface area (Å²) in [6, 6.07) is 13.1. The van der Waals surface area contributed by atoms with E-state index in [1.165, 1.54) is 14.2 Å². The maximum atomic E-state index is 12.9. The van der Waals surface area contributed by atoms with E-state index in [0.29, 0.717) is 44.0 Å². The fourth-order valence-corrected chi connectivity index (χ4v) is 3.74. The second-order valence-electron chi connectivity index (χ2n) is 7.11. The summed E-state index contributed by atoms with van der Waals surface area (Å²) >= 11 is 12.0. The first-order valence-corrected chi connectivity index (χ1v) is 10.6. The number of hydrogen-bond donors (Lipinski definition) is 0. The van der Waals surface area contributed by atoms with Gasteiger partial charge in [-0.1, -0.05) is 35.3 Å². The molecule has 1 aliphatic rings. The van der Waals surface area contributed by atoms with E-state index in [1.54, 1.807) is 61.5 Å². The SMILES string of the molecule is COc1cccc(OC)c1C(=O)Oc1ccc2c(c1C)O/C(=C\c1ccc(Cl)c(Cl)c1)C2=O. The van der Waals surface area contributed by atoms with Crippen LogP contribution in [0.4, 0.5) is 0 Å². The number of halogens is 2. The van der Waals surface area contributed by atoms with Crippen molar-refractivity contribution in [2.45, 2.75) is 6.92 Å². The summed E-state index contributed by atoms with van der Waals surface area (Å²) in [5.74, 6) is 0.375. The van der Waals surface area contributed by atoms with E-state index in [2.05, 4.69) is 0 Å². The molecule has 1 aliphatic heterocycles. The molecule has 0 saturated carbocycles. The second kappa shape index (κ2) is 9.17. The summed E-state index contributed by atoms with van der Waals surface area (Å²) in [6.45, 7) is 1.70. The maximum absolute atomic E-state index is 12.9. The number of esters is 1. The van der Waals surface area contributed by atoms with Gasteiger partial charge in [-0.05, 0) is 55.0 Å². The van der Waals surface area contributed by atoms with Crippen molar-refractivity contribution in [1.82, 2.24) is 0 Å². The highest BCUT2D eigenvalue weighted by atomic mass is 35.5. The summed E-state index contributed by atoms with van der Waals surface area (Å²) in [6.07, 6.45) is 1.58. The standard InChI is InChI=1S/C25H18Cl2O6/c1-13-18(33-25(29)22-19(30-2)5-4-6-20(22)31-3)10-8-15-23(28)21(32-24(13)15)12-14-7-9-16(26)17(27)11-14/h4-12H,1-3H3/b21-12-. The van der Waals surface area contributed by atoms with Crippen LogP contribution in [0.5, 0.6) is 23.0 Å². The lowest BCUT2D eigenvalue weighted by atomic mass is 10.1. The third-order valence-electron chi connectivity index (χ3n) is 5.11. The molecule has 0 amide bonds. The summed E-state index contributed by atoms with van der Waals surface area (Å²) < 4.78 is 22.0. The molecule has 0 saturated heterocycles. The van der Waals surface area contributed by atoms with E-state index in [4.69, 9.17) is 42.1 Å². The highest BCUT2D eigenvalue weighted by Gasteiger charge is 2.31. The van der Waals surface area contributed by atoms with Crippen LogP contribution in [0.1, 0.15) is 31.8 Å². The molecule has 0 aromatic heterocycles. The van der Waals surface area contributed by atoms with Crippen LogP contribution in [0, 0.1) is 6.92 Å². The predicted octanol–water partition coefficient (Wildman–Crippen LogP) is 6.15. The Labute approximate surface area is 200 Å². The second-order valence-corrected chi connectivity index (χ2v) is 7.92. The number of carbonyl (C=O) groups excluding carboxylic acids is 2. The van der Waals surface area contributed by atoms with Crippen molar-refractivity contribution in [3.05, 3.63) is 86.6 Å². The molecule has 0 aliphatic carbocycles. The van der Waals surface area contributed by atoms with Gasteiger partial charge in [0.15, 0.2) is 5.76 Å². The zero-order chi connectivity index (χ0) is 23.7. The molecule has 33 heavy (non-hydrogen) atoms. The van der Waals surface area contributed by atoms with Gasteiger partial charge in [-0.2, -0.15) is 0 Å². The molecule has 1 heterocycles. The number of hydrogen-bond acceptors (Lipinski definition) is 6. The largest absolute Gasteiger partial charge is 0.496 e. The van der Waals surface area contributed by atoms with Crippen molar-refractivity contribution >= 4 is 41.0 Å². The molecule has 0 bridgehead atoms. The van der Waals surface area contributed by atoms with Crippen molar-refractivity contribution in [2.24, 2.45) is 0 Å². The summed E-state index contributed by atoms with van der Waals surface area (Å²) in [7, 11) is 2.90. The van der Waals surface area contributed by atoms with Crippen molar-refractivity contribution in [3.8, 4) is 23.0 Å². The number of allylic oxidation sites excluding steroid dienone is 1. The quantitative estimate of drug-likeness (QED) is 0.245. The Bertz CT molecular complexity index is 1290. The fraction of sp³-hybridized carbons (Fsp3) is 0.120. The van der Waals surface area contributed by atoms with Crippen LogP contribution in [-0.4, -0.2) is 26.0 Å². The van der Waals surface area contributed by atoms with Gasteiger partial charge < -0.3 is 18.9 Å². The van der Waals surface area contributed by atoms with E-state index >= 15 is 0 Å². The Morgan fingerprint density at radius 1 is 0.939 bits per heavy atom. The Morgan fingerprint density at radius 3 is 2.27 bits per heavy atom. The van der Waals surface area contributed by atoms with Crippen LogP contribution < -0.4 is 18.9 Å². The number of fused-ring (bicyclic) bond motifs is 1. The van der Waals surface area contributed by atoms with E-state index < -0.39 is 5.97 Å². The number of benzene rings is 3. The molecule has 4 rings (SSSR count). The molecule has 6 nitrogen and oxygen atoms in total. The van der Waals surface area contributed by atoms with Crippen LogP contribution in [0.15, 0.2) is 54.3 Å². The van der Waals surface area contributed by atoms with E-state index in [-0.39, 0.29) is 22.9 Å². The molecule has 8 heteroatoms. The lowest BCUT2D eigenvalue weighted by Crippen LogP contribution is -2.12. The van der Waals surface area contributed by atoms with E-state index in [1.807, 2.05) is 0 Å². The molecular weight excluding hydrogens is 467 g/mol.